The van der Waals surface area contributed by atoms with Crippen LogP contribution in [0.3, 0.4) is 0 Å². The number of phenolic OH excluding ortho intramolecular Hbond substituents is 1. The summed E-state index contributed by atoms with van der Waals surface area (Å²) in [7, 11) is 0. The summed E-state index contributed by atoms with van der Waals surface area (Å²) < 4.78 is 0. The summed E-state index contributed by atoms with van der Waals surface area (Å²) in [5.41, 5.74) is 0.744. The Morgan fingerprint density at radius 2 is 2.40 bits per heavy atom. The number of carbonyl (C=O) groups is 1. The van der Waals surface area contributed by atoms with Crippen molar-refractivity contribution >= 4 is 17.5 Å². The van der Waals surface area contributed by atoms with Crippen molar-refractivity contribution < 1.29 is 9.90 Å². The van der Waals surface area contributed by atoms with Crippen LogP contribution in [-0.2, 0) is 11.3 Å². The van der Waals surface area contributed by atoms with Crippen molar-refractivity contribution in [1.29, 1.82) is 0 Å². The first kappa shape index (κ1) is 15.1. The number of halogens is 1. The largest absolute Gasteiger partial charge is 0.508 e. The molecule has 1 aromatic rings. The van der Waals surface area contributed by atoms with E-state index in [0.29, 0.717) is 24.7 Å². The van der Waals surface area contributed by atoms with Crippen LogP contribution in [0.5, 0.6) is 5.75 Å². The number of hydrogen-bond donors (Lipinski definition) is 3. The number of carbonyl (C=O) groups excluding carboxylic acids is 1. The normalized spacial score (nSPS) is 19.8. The minimum absolute atomic E-state index is 0.0150. The van der Waals surface area contributed by atoms with Crippen LogP contribution in [0.4, 0.5) is 0 Å². The second-order valence-electron chi connectivity index (χ2n) is 4.86. The van der Waals surface area contributed by atoms with E-state index in [9.17, 15) is 9.90 Å². The first-order valence-corrected chi connectivity index (χ1v) is 7.19. The molecule has 20 heavy (non-hydrogen) atoms. The van der Waals surface area contributed by atoms with Crippen LogP contribution in [0, 0.1) is 0 Å². The predicted octanol–water partition coefficient (Wildman–Crippen LogP) is 0.956. The molecule has 110 valence electrons. The average molecular weight is 298 g/mol. The second kappa shape index (κ2) is 6.92. The Morgan fingerprint density at radius 3 is 3.15 bits per heavy atom. The minimum atomic E-state index is -0.220. The van der Waals surface area contributed by atoms with E-state index in [4.69, 9.17) is 11.6 Å². The van der Waals surface area contributed by atoms with Gasteiger partial charge in [0.2, 0.25) is 5.91 Å². The Bertz CT molecular complexity index is 481. The summed E-state index contributed by atoms with van der Waals surface area (Å²) >= 11 is 5.96. The van der Waals surface area contributed by atoms with Gasteiger partial charge in [0.15, 0.2) is 0 Å². The van der Waals surface area contributed by atoms with E-state index in [1.165, 1.54) is 0 Å². The van der Waals surface area contributed by atoms with Crippen molar-refractivity contribution in [1.82, 2.24) is 15.5 Å². The smallest absolute Gasteiger partial charge is 0.238 e. The van der Waals surface area contributed by atoms with Crippen molar-refractivity contribution in [2.45, 2.75) is 19.5 Å². The molecule has 0 radical (unpaired) electrons. The number of phenols is 1. The van der Waals surface area contributed by atoms with E-state index in [2.05, 4.69) is 15.5 Å². The number of aromatic hydroxyl groups is 1. The van der Waals surface area contributed by atoms with Gasteiger partial charge >= 0.3 is 0 Å². The van der Waals surface area contributed by atoms with E-state index in [1.807, 2.05) is 6.92 Å². The van der Waals surface area contributed by atoms with Crippen LogP contribution in [0.1, 0.15) is 12.5 Å². The molecule has 1 unspecified atom stereocenters. The van der Waals surface area contributed by atoms with Gasteiger partial charge in [0.1, 0.15) is 11.8 Å². The molecular weight excluding hydrogens is 278 g/mol. The molecule has 1 fully saturated rings. The summed E-state index contributed by atoms with van der Waals surface area (Å²) in [4.78, 5) is 14.1. The molecule has 6 heteroatoms. The van der Waals surface area contributed by atoms with Gasteiger partial charge in [-0.15, -0.1) is 0 Å². The highest BCUT2D eigenvalue weighted by Gasteiger charge is 2.28. The molecule has 1 aliphatic rings. The lowest BCUT2D eigenvalue weighted by Crippen LogP contribution is -2.57. The lowest BCUT2D eigenvalue weighted by molar-refractivity contribution is -0.127. The summed E-state index contributed by atoms with van der Waals surface area (Å²) in [5, 5.41) is 16.6. The number of rotatable bonds is 4. The zero-order valence-electron chi connectivity index (χ0n) is 11.5. The molecule has 0 aromatic heterocycles. The van der Waals surface area contributed by atoms with Crippen molar-refractivity contribution in [2.24, 2.45) is 0 Å². The Kier molecular flexibility index (Phi) is 5.23. The van der Waals surface area contributed by atoms with Gasteiger partial charge in [-0.3, -0.25) is 9.69 Å². The molecule has 2 rings (SSSR count). The lowest BCUT2D eigenvalue weighted by atomic mass is 10.1. The summed E-state index contributed by atoms with van der Waals surface area (Å²) in [5.74, 6) is 0.226. The van der Waals surface area contributed by atoms with Crippen molar-refractivity contribution in [3.63, 3.8) is 0 Å². The molecule has 1 heterocycles. The molecule has 0 aliphatic carbocycles. The van der Waals surface area contributed by atoms with E-state index < -0.39 is 0 Å². The Hall–Kier alpha value is -1.30. The van der Waals surface area contributed by atoms with E-state index >= 15 is 0 Å². The molecule has 0 saturated carbocycles. The van der Waals surface area contributed by atoms with Crippen molar-refractivity contribution in [3.05, 3.63) is 28.8 Å². The third-order valence-corrected chi connectivity index (χ3v) is 3.66. The predicted molar refractivity (Wildman–Crippen MR) is 78.9 cm³/mol. The second-order valence-corrected chi connectivity index (χ2v) is 5.29. The van der Waals surface area contributed by atoms with Gasteiger partial charge < -0.3 is 15.7 Å². The monoisotopic (exact) mass is 297 g/mol. The number of piperazine rings is 1. The molecular formula is C14H20ClN3O2. The molecule has 1 aliphatic heterocycles. The number of hydrogen-bond acceptors (Lipinski definition) is 4. The SMILES string of the molecule is CCNC(=O)C1CNCCN1Cc1cc(Cl)ccc1O. The van der Waals surface area contributed by atoms with Crippen molar-refractivity contribution in [2.75, 3.05) is 26.2 Å². The van der Waals surface area contributed by atoms with Crippen molar-refractivity contribution in [3.8, 4) is 5.75 Å². The lowest BCUT2D eigenvalue weighted by Gasteiger charge is -2.35. The molecule has 0 bridgehead atoms. The first-order valence-electron chi connectivity index (χ1n) is 6.81. The quantitative estimate of drug-likeness (QED) is 0.774. The van der Waals surface area contributed by atoms with Crippen LogP contribution >= 0.6 is 11.6 Å². The fraction of sp³-hybridized carbons (Fsp3) is 0.500. The third-order valence-electron chi connectivity index (χ3n) is 3.42. The molecule has 3 N–H and O–H groups in total. The Labute approximate surface area is 123 Å². The zero-order valence-corrected chi connectivity index (χ0v) is 12.3. The van der Waals surface area contributed by atoms with Gasteiger partial charge in [0.25, 0.3) is 0 Å². The number of nitrogens with one attached hydrogen (secondary N) is 2. The van der Waals surface area contributed by atoms with Crippen LogP contribution in [-0.4, -0.2) is 48.1 Å². The highest BCUT2D eigenvalue weighted by molar-refractivity contribution is 6.30. The molecule has 0 spiro atoms. The van der Waals surface area contributed by atoms with Gasteiger partial charge in [0, 0.05) is 43.3 Å². The fourth-order valence-corrected chi connectivity index (χ4v) is 2.58. The highest BCUT2D eigenvalue weighted by atomic mass is 35.5. The summed E-state index contributed by atoms with van der Waals surface area (Å²) in [6.45, 7) is 5.24. The number of likely N-dealkylation sites (N-methyl/N-ethyl adjacent to an activating group) is 1. The van der Waals surface area contributed by atoms with E-state index in [0.717, 1.165) is 18.7 Å². The fourth-order valence-electron chi connectivity index (χ4n) is 2.39. The van der Waals surface area contributed by atoms with Crippen LogP contribution in [0.15, 0.2) is 18.2 Å². The van der Waals surface area contributed by atoms with Crippen LogP contribution < -0.4 is 10.6 Å². The van der Waals surface area contributed by atoms with Crippen LogP contribution in [0.25, 0.3) is 0 Å². The third kappa shape index (κ3) is 3.62. The van der Waals surface area contributed by atoms with Gasteiger partial charge in [-0.2, -0.15) is 0 Å². The zero-order chi connectivity index (χ0) is 14.5. The van der Waals surface area contributed by atoms with Gasteiger partial charge in [-0.05, 0) is 25.1 Å². The Balaban J connectivity index is 2.12. The van der Waals surface area contributed by atoms with E-state index in [-0.39, 0.29) is 17.7 Å². The first-order chi connectivity index (χ1) is 9.61. The standard InChI is InChI=1S/C14H20ClN3O2/c1-2-17-14(20)12-8-16-5-6-18(12)9-10-7-11(15)3-4-13(10)19/h3-4,7,12,16,19H,2,5-6,8-9H2,1H3,(H,17,20). The number of nitrogens with zero attached hydrogens (tertiary/aromatic N) is 1. The summed E-state index contributed by atoms with van der Waals surface area (Å²) in [6.07, 6.45) is 0. The molecule has 1 amide bonds. The van der Waals surface area contributed by atoms with Gasteiger partial charge in [-0.25, -0.2) is 0 Å². The maximum Gasteiger partial charge on any atom is 0.238 e. The number of benzene rings is 1. The minimum Gasteiger partial charge on any atom is -0.508 e. The highest BCUT2D eigenvalue weighted by Crippen LogP contribution is 2.24. The van der Waals surface area contributed by atoms with E-state index in [1.54, 1.807) is 18.2 Å². The summed E-state index contributed by atoms with van der Waals surface area (Å²) in [6, 6.07) is 4.76. The molecule has 1 saturated heterocycles. The topological polar surface area (TPSA) is 64.6 Å². The molecule has 1 aromatic carbocycles. The van der Waals surface area contributed by atoms with Gasteiger partial charge in [-0.1, -0.05) is 11.6 Å². The molecule has 1 atom stereocenters. The average Bonchev–Trinajstić information content (AvgIpc) is 2.44. The molecule has 5 nitrogen and oxygen atoms in total. The Morgan fingerprint density at radius 1 is 1.60 bits per heavy atom. The number of amides is 1. The van der Waals surface area contributed by atoms with Gasteiger partial charge in [0.05, 0.1) is 0 Å². The van der Waals surface area contributed by atoms with Crippen LogP contribution in [0.2, 0.25) is 5.02 Å². The maximum atomic E-state index is 12.1. The maximum absolute atomic E-state index is 12.1.